The van der Waals surface area contributed by atoms with Gasteiger partial charge >= 0.3 is 0 Å². The summed E-state index contributed by atoms with van der Waals surface area (Å²) in [5.74, 6) is -2.89. The van der Waals surface area contributed by atoms with E-state index in [1.54, 1.807) is 5.38 Å². The first-order chi connectivity index (χ1) is 18.6. The zero-order chi connectivity index (χ0) is 28.0. The van der Waals surface area contributed by atoms with Crippen molar-refractivity contribution in [1.82, 2.24) is 14.8 Å². The number of amides is 2. The molecule has 1 aromatic carbocycles. The van der Waals surface area contributed by atoms with Crippen molar-refractivity contribution in [3.05, 3.63) is 34.5 Å². The number of likely N-dealkylation sites (N-methyl/N-ethyl adjacent to an activating group) is 1. The predicted octanol–water partition coefficient (Wildman–Crippen LogP) is 2.51. The van der Waals surface area contributed by atoms with E-state index in [9.17, 15) is 14.7 Å². The summed E-state index contributed by atoms with van der Waals surface area (Å²) in [5.41, 5.74) is 6.29. The second-order valence-corrected chi connectivity index (χ2v) is 12.5. The number of nitrogens with two attached hydrogens (primary N) is 1. The number of aliphatic hydroxyl groups is 1. The molecule has 3 fully saturated rings. The lowest BCUT2D eigenvalue weighted by Crippen LogP contribution is -2.46. The van der Waals surface area contributed by atoms with Crippen LogP contribution in [0.25, 0.3) is 11.3 Å². The van der Waals surface area contributed by atoms with Gasteiger partial charge in [-0.25, -0.2) is 9.37 Å². The van der Waals surface area contributed by atoms with Crippen LogP contribution in [0.1, 0.15) is 42.1 Å². The fourth-order valence-corrected chi connectivity index (χ4v) is 7.12. The van der Waals surface area contributed by atoms with Gasteiger partial charge in [-0.3, -0.25) is 9.59 Å². The Bertz CT molecular complexity index is 1240. The molecule has 12 heteroatoms. The molecule has 5 atom stereocenters. The average Bonchev–Trinajstić information content (AvgIpc) is 3.60. The van der Waals surface area contributed by atoms with Crippen molar-refractivity contribution in [2.75, 3.05) is 51.3 Å². The molecule has 3 aliphatic rings. The van der Waals surface area contributed by atoms with E-state index in [-0.39, 0.29) is 42.2 Å². The lowest BCUT2D eigenvalue weighted by atomic mass is 9.84. The smallest absolute Gasteiger partial charge is 0.249 e. The molecule has 2 amide bonds. The van der Waals surface area contributed by atoms with Crippen molar-refractivity contribution >= 4 is 39.9 Å². The third kappa shape index (κ3) is 5.39. The molecule has 0 saturated carbocycles. The number of thiazole rings is 1. The number of alkyl halides is 1. The van der Waals surface area contributed by atoms with Gasteiger partial charge in [-0.1, -0.05) is 13.8 Å². The summed E-state index contributed by atoms with van der Waals surface area (Å²) in [6, 6.07) is 2.37. The van der Waals surface area contributed by atoms with Crippen LogP contribution >= 0.6 is 22.9 Å². The molecule has 39 heavy (non-hydrogen) atoms. The van der Waals surface area contributed by atoms with E-state index in [1.807, 2.05) is 13.8 Å². The summed E-state index contributed by atoms with van der Waals surface area (Å²) in [4.78, 5) is 37.2. The van der Waals surface area contributed by atoms with Gasteiger partial charge < -0.3 is 30.3 Å². The molecule has 3 saturated heterocycles. The Morgan fingerprint density at radius 1 is 1.28 bits per heavy atom. The molecule has 4 heterocycles. The number of nitrogens with zero attached hydrogens (tertiary/aromatic N) is 4. The minimum Gasteiger partial charge on any atom is -0.388 e. The highest BCUT2D eigenvalue weighted by Gasteiger charge is 2.53. The Hall–Kier alpha value is -2.31. The van der Waals surface area contributed by atoms with E-state index >= 15 is 4.39 Å². The first kappa shape index (κ1) is 28.2. The molecule has 3 N–H and O–H groups in total. The molecule has 3 aliphatic heterocycles. The Labute approximate surface area is 236 Å². The van der Waals surface area contributed by atoms with Crippen LogP contribution in [0.4, 0.5) is 9.52 Å². The lowest BCUT2D eigenvalue weighted by molar-refractivity contribution is -0.135. The second kappa shape index (κ2) is 11.3. The lowest BCUT2D eigenvalue weighted by Gasteiger charge is -2.32. The number of likely N-dealkylation sites (tertiary alicyclic amines) is 1. The van der Waals surface area contributed by atoms with Gasteiger partial charge in [0.2, 0.25) is 11.8 Å². The van der Waals surface area contributed by atoms with Crippen molar-refractivity contribution in [3.63, 3.8) is 0 Å². The Balaban J connectivity index is 1.54. The summed E-state index contributed by atoms with van der Waals surface area (Å²) in [6.07, 6.45) is -1.11. The standard InChI is InChI=1S/C27H35ClFN5O4S/c1-14(2)10-17(26(37)34-11-18(28)24-23(34)20(35)12-38-24)21-16(25(30)36)5-4-15(22(21)29)19-13-39-27(31-19)33-8-6-32(3)7-9-33/h4-5,13-14,17-18,20,23-24,35H,6-12H2,1-3H3,(H2,30,36)/t17-,18+,20+,23-,24+/m0/s1. The number of piperazine rings is 1. The first-order valence-corrected chi connectivity index (χ1v) is 14.6. The van der Waals surface area contributed by atoms with Crippen LogP contribution in [0.3, 0.4) is 0 Å². The molecule has 9 nitrogen and oxygen atoms in total. The molecule has 212 valence electrons. The topological polar surface area (TPSA) is 112 Å². The molecular formula is C27H35ClFN5O4S. The number of hydrogen-bond acceptors (Lipinski definition) is 8. The highest BCUT2D eigenvalue weighted by molar-refractivity contribution is 7.14. The average molecular weight is 580 g/mol. The highest BCUT2D eigenvalue weighted by atomic mass is 35.5. The third-order valence-corrected chi connectivity index (χ3v) is 9.19. The first-order valence-electron chi connectivity index (χ1n) is 13.3. The van der Waals surface area contributed by atoms with Crippen LogP contribution in [0.2, 0.25) is 0 Å². The van der Waals surface area contributed by atoms with E-state index in [0.717, 1.165) is 31.3 Å². The summed E-state index contributed by atoms with van der Waals surface area (Å²) in [6.45, 7) is 7.60. The van der Waals surface area contributed by atoms with Gasteiger partial charge in [0.1, 0.15) is 11.9 Å². The van der Waals surface area contributed by atoms with Gasteiger partial charge in [0.05, 0.1) is 35.7 Å². The molecule has 0 spiro atoms. The van der Waals surface area contributed by atoms with E-state index in [1.165, 1.54) is 28.4 Å². The van der Waals surface area contributed by atoms with Crippen LogP contribution in [0.15, 0.2) is 17.5 Å². The van der Waals surface area contributed by atoms with Crippen LogP contribution < -0.4 is 10.6 Å². The maximum atomic E-state index is 16.5. The summed E-state index contributed by atoms with van der Waals surface area (Å²) < 4.78 is 22.1. The van der Waals surface area contributed by atoms with Crippen LogP contribution in [-0.4, -0.2) is 102 Å². The number of fused-ring (bicyclic) bond motifs is 1. The maximum absolute atomic E-state index is 16.5. The summed E-state index contributed by atoms with van der Waals surface area (Å²) >= 11 is 7.91. The molecular weight excluding hydrogens is 545 g/mol. The number of benzene rings is 1. The fourth-order valence-electron chi connectivity index (χ4n) is 5.87. The monoisotopic (exact) mass is 579 g/mol. The van der Waals surface area contributed by atoms with Gasteiger partial charge in [-0.15, -0.1) is 22.9 Å². The molecule has 2 aromatic rings. The fraction of sp³-hybridized carbons (Fsp3) is 0.593. The van der Waals surface area contributed by atoms with Gasteiger partial charge in [-0.05, 0) is 31.5 Å². The summed E-state index contributed by atoms with van der Waals surface area (Å²) in [5, 5.41) is 12.7. The normalized spacial score (nSPS) is 26.3. The maximum Gasteiger partial charge on any atom is 0.249 e. The van der Waals surface area contributed by atoms with E-state index in [4.69, 9.17) is 27.1 Å². The minimum absolute atomic E-state index is 0.000732. The minimum atomic E-state index is -1.00. The van der Waals surface area contributed by atoms with Crippen LogP contribution in [-0.2, 0) is 9.53 Å². The van der Waals surface area contributed by atoms with Crippen molar-refractivity contribution in [1.29, 1.82) is 0 Å². The zero-order valence-corrected chi connectivity index (χ0v) is 23.9. The third-order valence-electron chi connectivity index (χ3n) is 7.90. The number of ether oxygens (including phenoxy) is 1. The molecule has 0 radical (unpaired) electrons. The SMILES string of the molecule is CC(C)C[C@H](C(=O)N1C[C@@H](Cl)[C@H]2OC[C@@H](O)[C@@H]21)c1c(C(N)=O)ccc(-c2csc(N3CCN(C)CC3)n2)c1F. The molecule has 5 rings (SSSR count). The second-order valence-electron chi connectivity index (χ2n) is 11.1. The van der Waals surface area contributed by atoms with Crippen molar-refractivity contribution in [2.24, 2.45) is 11.7 Å². The van der Waals surface area contributed by atoms with Crippen LogP contribution in [0.5, 0.6) is 0 Å². The molecule has 0 bridgehead atoms. The van der Waals surface area contributed by atoms with E-state index < -0.39 is 47.2 Å². The largest absolute Gasteiger partial charge is 0.388 e. The number of halogens is 2. The van der Waals surface area contributed by atoms with Crippen LogP contribution in [0, 0.1) is 11.7 Å². The Morgan fingerprint density at radius 2 is 2.00 bits per heavy atom. The zero-order valence-electron chi connectivity index (χ0n) is 22.3. The number of primary amides is 1. The number of rotatable bonds is 7. The van der Waals surface area contributed by atoms with Gasteiger partial charge in [0.15, 0.2) is 5.13 Å². The predicted molar refractivity (Wildman–Crippen MR) is 149 cm³/mol. The van der Waals surface area contributed by atoms with Gasteiger partial charge in [-0.2, -0.15) is 0 Å². The van der Waals surface area contributed by atoms with Crippen molar-refractivity contribution in [2.45, 2.75) is 49.8 Å². The van der Waals surface area contributed by atoms with Crippen molar-refractivity contribution in [3.8, 4) is 11.3 Å². The Kier molecular flexibility index (Phi) is 8.17. The molecule has 1 aromatic heterocycles. The quantitative estimate of drug-likeness (QED) is 0.485. The summed E-state index contributed by atoms with van der Waals surface area (Å²) in [7, 11) is 2.08. The number of hydrogen-bond donors (Lipinski definition) is 2. The molecule has 0 aliphatic carbocycles. The number of carbonyl (C=O) groups is 2. The Morgan fingerprint density at radius 3 is 2.67 bits per heavy atom. The van der Waals surface area contributed by atoms with Crippen molar-refractivity contribution < 1.29 is 23.8 Å². The highest BCUT2D eigenvalue weighted by Crippen LogP contribution is 2.40. The number of aromatic nitrogens is 1. The van der Waals surface area contributed by atoms with Gasteiger partial charge in [0, 0.05) is 54.8 Å². The van der Waals surface area contributed by atoms with E-state index in [0.29, 0.717) is 5.69 Å². The number of anilines is 1. The number of aliphatic hydroxyl groups excluding tert-OH is 1. The number of carbonyl (C=O) groups excluding carboxylic acids is 2. The van der Waals surface area contributed by atoms with Gasteiger partial charge in [0.25, 0.3) is 0 Å². The molecule has 0 unspecified atom stereocenters. The van der Waals surface area contributed by atoms with E-state index in [2.05, 4.69) is 16.8 Å².